The maximum Gasteiger partial charge on any atom is 0.416 e. The molecule has 0 spiro atoms. The van der Waals surface area contributed by atoms with E-state index in [4.69, 9.17) is 0 Å². The van der Waals surface area contributed by atoms with Gasteiger partial charge < -0.3 is 10.2 Å². The van der Waals surface area contributed by atoms with Gasteiger partial charge in [-0.05, 0) is 71.8 Å². The van der Waals surface area contributed by atoms with E-state index < -0.39 is 11.7 Å². The summed E-state index contributed by atoms with van der Waals surface area (Å²) in [6, 6.07) is 21.4. The molecule has 4 aromatic rings. The molecular weight excluding hydrogens is 391 g/mol. The molecular formula is C24H16F3NO2. The Hall–Kier alpha value is -3.80. The SMILES string of the molecule is Oc1ccc(-c2cc(-c3cccc(C(F)(F)F)c3)cc(-c3ccccc3O)n2)cc1. The number of aromatic hydroxyl groups is 2. The van der Waals surface area contributed by atoms with Crippen molar-refractivity contribution in [3.8, 4) is 45.1 Å². The maximum atomic E-state index is 13.2. The van der Waals surface area contributed by atoms with Crippen molar-refractivity contribution in [2.24, 2.45) is 0 Å². The van der Waals surface area contributed by atoms with Crippen LogP contribution >= 0.6 is 0 Å². The topological polar surface area (TPSA) is 53.4 Å². The quantitative estimate of drug-likeness (QED) is 0.407. The first-order valence-corrected chi connectivity index (χ1v) is 9.09. The standard InChI is InChI=1S/C24H16F3NO2/c25-24(26,27)18-5-3-4-16(12-18)17-13-21(15-8-10-19(29)11-9-15)28-22(14-17)20-6-1-2-7-23(20)30/h1-14,29-30H. The summed E-state index contributed by atoms with van der Waals surface area (Å²) in [5.74, 6) is 0.108. The van der Waals surface area contributed by atoms with Gasteiger partial charge in [0.2, 0.25) is 0 Å². The molecule has 30 heavy (non-hydrogen) atoms. The van der Waals surface area contributed by atoms with Gasteiger partial charge in [0.15, 0.2) is 0 Å². The van der Waals surface area contributed by atoms with E-state index in [0.29, 0.717) is 33.6 Å². The van der Waals surface area contributed by atoms with Crippen LogP contribution in [0.1, 0.15) is 5.56 Å². The molecule has 0 bridgehead atoms. The Morgan fingerprint density at radius 2 is 1.33 bits per heavy atom. The summed E-state index contributed by atoms with van der Waals surface area (Å²) in [6.45, 7) is 0. The van der Waals surface area contributed by atoms with Crippen LogP contribution in [-0.4, -0.2) is 15.2 Å². The zero-order valence-electron chi connectivity index (χ0n) is 15.6. The second-order valence-corrected chi connectivity index (χ2v) is 6.77. The number of halogens is 3. The van der Waals surface area contributed by atoms with Crippen LogP contribution < -0.4 is 0 Å². The average molecular weight is 407 g/mol. The Morgan fingerprint density at radius 1 is 0.633 bits per heavy atom. The van der Waals surface area contributed by atoms with Crippen molar-refractivity contribution in [2.75, 3.05) is 0 Å². The fraction of sp³-hybridized carbons (Fsp3) is 0.0417. The van der Waals surface area contributed by atoms with Gasteiger partial charge in [-0.25, -0.2) is 4.98 Å². The normalized spacial score (nSPS) is 11.4. The Labute approximate surface area is 170 Å². The summed E-state index contributed by atoms with van der Waals surface area (Å²) in [6.07, 6.45) is -4.46. The van der Waals surface area contributed by atoms with E-state index in [9.17, 15) is 23.4 Å². The van der Waals surface area contributed by atoms with Gasteiger partial charge >= 0.3 is 6.18 Å². The highest BCUT2D eigenvalue weighted by atomic mass is 19.4. The number of hydrogen-bond donors (Lipinski definition) is 2. The van der Waals surface area contributed by atoms with Gasteiger partial charge in [0.1, 0.15) is 11.5 Å². The van der Waals surface area contributed by atoms with Gasteiger partial charge in [-0.2, -0.15) is 13.2 Å². The van der Waals surface area contributed by atoms with Crippen LogP contribution in [0.4, 0.5) is 13.2 Å². The molecule has 0 aliphatic heterocycles. The molecule has 0 atom stereocenters. The largest absolute Gasteiger partial charge is 0.508 e. The van der Waals surface area contributed by atoms with Crippen molar-refractivity contribution >= 4 is 0 Å². The molecule has 1 aromatic heterocycles. The number of pyridine rings is 1. The minimum atomic E-state index is -4.46. The summed E-state index contributed by atoms with van der Waals surface area (Å²) in [4.78, 5) is 4.60. The fourth-order valence-corrected chi connectivity index (χ4v) is 3.18. The Bertz CT molecular complexity index is 1200. The highest BCUT2D eigenvalue weighted by Gasteiger charge is 2.30. The summed E-state index contributed by atoms with van der Waals surface area (Å²) in [5, 5.41) is 19.8. The van der Waals surface area contributed by atoms with Crippen molar-refractivity contribution in [3.63, 3.8) is 0 Å². The maximum absolute atomic E-state index is 13.2. The van der Waals surface area contributed by atoms with E-state index in [1.165, 1.54) is 24.3 Å². The molecule has 0 radical (unpaired) electrons. The lowest BCUT2D eigenvalue weighted by Crippen LogP contribution is -2.04. The number of rotatable bonds is 3. The lowest BCUT2D eigenvalue weighted by Gasteiger charge is -2.13. The molecule has 2 N–H and O–H groups in total. The first kappa shape index (κ1) is 19.5. The number of para-hydroxylation sites is 1. The molecule has 150 valence electrons. The monoisotopic (exact) mass is 407 g/mol. The molecule has 0 saturated carbocycles. The van der Waals surface area contributed by atoms with Gasteiger partial charge in [-0.3, -0.25) is 0 Å². The van der Waals surface area contributed by atoms with Gasteiger partial charge in [-0.1, -0.05) is 24.3 Å². The summed E-state index contributed by atoms with van der Waals surface area (Å²) >= 11 is 0. The Morgan fingerprint density at radius 3 is 2.03 bits per heavy atom. The zero-order chi connectivity index (χ0) is 21.3. The average Bonchev–Trinajstić information content (AvgIpc) is 2.74. The van der Waals surface area contributed by atoms with E-state index in [-0.39, 0.29) is 11.5 Å². The van der Waals surface area contributed by atoms with Crippen LogP contribution in [0.25, 0.3) is 33.6 Å². The van der Waals surface area contributed by atoms with Crippen LogP contribution in [0.15, 0.2) is 84.9 Å². The lowest BCUT2D eigenvalue weighted by molar-refractivity contribution is -0.137. The molecule has 0 aliphatic rings. The van der Waals surface area contributed by atoms with Crippen LogP contribution in [0, 0.1) is 0 Å². The third-order valence-corrected chi connectivity index (χ3v) is 4.69. The molecule has 6 heteroatoms. The first-order chi connectivity index (χ1) is 14.3. The van der Waals surface area contributed by atoms with Crippen molar-refractivity contribution in [3.05, 3.63) is 90.5 Å². The summed E-state index contributed by atoms with van der Waals surface area (Å²) in [5.41, 5.74) is 2.23. The third kappa shape index (κ3) is 3.98. The second kappa shape index (κ2) is 7.55. The van der Waals surface area contributed by atoms with Crippen molar-refractivity contribution in [1.29, 1.82) is 0 Å². The molecule has 3 nitrogen and oxygen atoms in total. The highest BCUT2D eigenvalue weighted by molar-refractivity contribution is 5.78. The van der Waals surface area contributed by atoms with E-state index in [2.05, 4.69) is 4.98 Å². The lowest BCUT2D eigenvalue weighted by atomic mass is 9.98. The Kier molecular flexibility index (Phi) is 4.91. The van der Waals surface area contributed by atoms with Gasteiger partial charge in [0.05, 0.1) is 17.0 Å². The van der Waals surface area contributed by atoms with E-state index >= 15 is 0 Å². The van der Waals surface area contributed by atoms with Gasteiger partial charge in [-0.15, -0.1) is 0 Å². The third-order valence-electron chi connectivity index (χ3n) is 4.69. The number of nitrogens with zero attached hydrogens (tertiary/aromatic N) is 1. The first-order valence-electron chi connectivity index (χ1n) is 9.09. The molecule has 0 unspecified atom stereocenters. The minimum Gasteiger partial charge on any atom is -0.508 e. The number of alkyl halides is 3. The molecule has 4 rings (SSSR count). The Balaban J connectivity index is 1.92. The minimum absolute atomic E-state index is 0.0165. The van der Waals surface area contributed by atoms with Crippen molar-refractivity contribution in [2.45, 2.75) is 6.18 Å². The second-order valence-electron chi connectivity index (χ2n) is 6.77. The number of phenolic OH excluding ortho intramolecular Hbond substituents is 2. The van der Waals surface area contributed by atoms with Crippen LogP contribution in [0.5, 0.6) is 11.5 Å². The van der Waals surface area contributed by atoms with E-state index in [1.54, 1.807) is 48.5 Å². The molecule has 1 heterocycles. The molecule has 3 aromatic carbocycles. The molecule has 0 amide bonds. The predicted molar refractivity (Wildman–Crippen MR) is 109 cm³/mol. The van der Waals surface area contributed by atoms with Crippen molar-refractivity contribution < 1.29 is 23.4 Å². The molecule has 0 fully saturated rings. The molecule has 0 saturated heterocycles. The number of phenols is 2. The fourth-order valence-electron chi connectivity index (χ4n) is 3.18. The predicted octanol–water partition coefficient (Wildman–Crippen LogP) is 6.51. The van der Waals surface area contributed by atoms with Gasteiger partial charge in [0.25, 0.3) is 0 Å². The smallest absolute Gasteiger partial charge is 0.416 e. The summed E-state index contributed by atoms with van der Waals surface area (Å²) in [7, 11) is 0. The number of benzene rings is 3. The number of hydrogen-bond acceptors (Lipinski definition) is 3. The van der Waals surface area contributed by atoms with Crippen LogP contribution in [0.2, 0.25) is 0 Å². The van der Waals surface area contributed by atoms with Crippen LogP contribution in [0.3, 0.4) is 0 Å². The highest BCUT2D eigenvalue weighted by Crippen LogP contribution is 2.36. The van der Waals surface area contributed by atoms with Gasteiger partial charge in [0, 0.05) is 11.1 Å². The number of aromatic nitrogens is 1. The van der Waals surface area contributed by atoms with Crippen LogP contribution in [-0.2, 0) is 6.18 Å². The zero-order valence-corrected chi connectivity index (χ0v) is 15.6. The van der Waals surface area contributed by atoms with Crippen molar-refractivity contribution in [1.82, 2.24) is 4.98 Å². The summed E-state index contributed by atoms with van der Waals surface area (Å²) < 4.78 is 39.6. The van der Waals surface area contributed by atoms with E-state index in [0.717, 1.165) is 12.1 Å². The van der Waals surface area contributed by atoms with E-state index in [1.807, 2.05) is 0 Å². The molecule has 0 aliphatic carbocycles.